The summed E-state index contributed by atoms with van der Waals surface area (Å²) in [5, 5.41) is 5.15. The Morgan fingerprint density at radius 2 is 1.86 bits per heavy atom. The molecule has 1 amide bonds. The number of halogens is 1. The van der Waals surface area contributed by atoms with Crippen LogP contribution in [-0.2, 0) is 6.54 Å². The van der Waals surface area contributed by atoms with Gasteiger partial charge in [-0.05, 0) is 42.8 Å². The van der Waals surface area contributed by atoms with Crippen molar-refractivity contribution in [2.75, 3.05) is 0 Å². The molecule has 144 valence electrons. The first-order valence-electron chi connectivity index (χ1n) is 9.32. The molecule has 0 aliphatic rings. The fraction of sp³-hybridized carbons (Fsp3) is 0.0833. The van der Waals surface area contributed by atoms with E-state index in [1.54, 1.807) is 6.21 Å². The highest BCUT2D eigenvalue weighted by Crippen LogP contribution is 2.21. The van der Waals surface area contributed by atoms with Crippen molar-refractivity contribution >= 4 is 23.0 Å². The van der Waals surface area contributed by atoms with Crippen molar-refractivity contribution in [3.63, 3.8) is 0 Å². The largest absolute Gasteiger partial charge is 0.342 e. The second kappa shape index (κ2) is 8.10. The average Bonchev–Trinajstić information content (AvgIpc) is 3.06. The predicted octanol–water partition coefficient (Wildman–Crippen LogP) is 4.90. The number of hydrogen-bond donors (Lipinski definition) is 1. The van der Waals surface area contributed by atoms with Crippen molar-refractivity contribution in [2.45, 2.75) is 13.5 Å². The fourth-order valence-electron chi connectivity index (χ4n) is 3.34. The number of aromatic nitrogens is 1. The molecule has 0 atom stereocenters. The first-order valence-corrected chi connectivity index (χ1v) is 9.32. The molecule has 0 bridgehead atoms. The van der Waals surface area contributed by atoms with E-state index in [4.69, 9.17) is 0 Å². The molecular formula is C24H20FN3O. The number of hydrogen-bond acceptors (Lipinski definition) is 2. The van der Waals surface area contributed by atoms with Crippen molar-refractivity contribution in [3.8, 4) is 0 Å². The van der Waals surface area contributed by atoms with Gasteiger partial charge in [0.25, 0.3) is 5.91 Å². The molecule has 3 aromatic carbocycles. The van der Waals surface area contributed by atoms with Crippen LogP contribution in [-0.4, -0.2) is 16.7 Å². The standard InChI is InChI=1S/C24H20FN3O/c1-17-5-4-6-18(13-17)15-28-16-20(22-7-2-3-8-23(22)28)14-26-27-24(29)19-9-11-21(25)12-10-19/h2-14,16H,15H2,1H3,(H,27,29)/b26-14-. The first kappa shape index (κ1) is 18.6. The van der Waals surface area contributed by atoms with Crippen LogP contribution in [0.4, 0.5) is 4.39 Å². The van der Waals surface area contributed by atoms with Crippen molar-refractivity contribution in [2.24, 2.45) is 5.10 Å². The van der Waals surface area contributed by atoms with E-state index in [-0.39, 0.29) is 11.7 Å². The highest BCUT2D eigenvalue weighted by atomic mass is 19.1. The third-order valence-electron chi connectivity index (χ3n) is 4.73. The third-order valence-corrected chi connectivity index (χ3v) is 4.73. The summed E-state index contributed by atoms with van der Waals surface area (Å²) in [6.45, 7) is 2.83. The lowest BCUT2D eigenvalue weighted by Gasteiger charge is -2.06. The molecule has 4 aromatic rings. The molecular weight excluding hydrogens is 365 g/mol. The van der Waals surface area contributed by atoms with E-state index in [1.165, 1.54) is 35.4 Å². The molecule has 1 heterocycles. The molecule has 0 saturated carbocycles. The topological polar surface area (TPSA) is 46.4 Å². The summed E-state index contributed by atoms with van der Waals surface area (Å²) in [4.78, 5) is 12.1. The maximum absolute atomic E-state index is 13.0. The van der Waals surface area contributed by atoms with Crippen LogP contribution < -0.4 is 5.43 Å². The number of carbonyl (C=O) groups excluding carboxylic acids is 1. The van der Waals surface area contributed by atoms with E-state index < -0.39 is 0 Å². The van der Waals surface area contributed by atoms with Gasteiger partial charge in [0.2, 0.25) is 0 Å². The molecule has 0 aliphatic carbocycles. The summed E-state index contributed by atoms with van der Waals surface area (Å²) in [7, 11) is 0. The molecule has 0 spiro atoms. The molecule has 1 N–H and O–H groups in total. The van der Waals surface area contributed by atoms with Crippen LogP contribution in [0.1, 0.15) is 27.0 Å². The summed E-state index contributed by atoms with van der Waals surface area (Å²) >= 11 is 0. The Morgan fingerprint density at radius 3 is 2.66 bits per heavy atom. The lowest BCUT2D eigenvalue weighted by Crippen LogP contribution is -2.17. The highest BCUT2D eigenvalue weighted by molar-refractivity contribution is 6.00. The van der Waals surface area contributed by atoms with Crippen LogP contribution in [0.3, 0.4) is 0 Å². The fourth-order valence-corrected chi connectivity index (χ4v) is 3.34. The average molecular weight is 385 g/mol. The van der Waals surface area contributed by atoms with Crippen LogP contribution >= 0.6 is 0 Å². The molecule has 0 unspecified atom stereocenters. The van der Waals surface area contributed by atoms with Gasteiger partial charge < -0.3 is 4.57 Å². The van der Waals surface area contributed by atoms with Gasteiger partial charge in [0.1, 0.15) is 5.82 Å². The minimum Gasteiger partial charge on any atom is -0.342 e. The van der Waals surface area contributed by atoms with Crippen LogP contribution in [0.15, 0.2) is 84.1 Å². The number of para-hydroxylation sites is 1. The van der Waals surface area contributed by atoms with Gasteiger partial charge in [-0.3, -0.25) is 4.79 Å². The molecule has 0 saturated heterocycles. The molecule has 0 aliphatic heterocycles. The number of fused-ring (bicyclic) bond motifs is 1. The second-order valence-corrected chi connectivity index (χ2v) is 6.92. The Morgan fingerprint density at radius 1 is 1.07 bits per heavy atom. The smallest absolute Gasteiger partial charge is 0.271 e. The molecule has 0 fully saturated rings. The Labute approximate surface area is 168 Å². The molecule has 4 nitrogen and oxygen atoms in total. The zero-order valence-electron chi connectivity index (χ0n) is 16.0. The van der Waals surface area contributed by atoms with Gasteiger partial charge >= 0.3 is 0 Å². The number of nitrogens with zero attached hydrogens (tertiary/aromatic N) is 2. The highest BCUT2D eigenvalue weighted by Gasteiger charge is 2.08. The lowest BCUT2D eigenvalue weighted by molar-refractivity contribution is 0.0955. The summed E-state index contributed by atoms with van der Waals surface area (Å²) in [6, 6.07) is 21.9. The summed E-state index contributed by atoms with van der Waals surface area (Å²) in [5.74, 6) is -0.767. The van der Waals surface area contributed by atoms with Gasteiger partial charge in [-0.2, -0.15) is 5.10 Å². The van der Waals surface area contributed by atoms with Gasteiger partial charge in [0.15, 0.2) is 0 Å². The number of nitrogens with one attached hydrogen (secondary N) is 1. The number of aryl methyl sites for hydroxylation is 1. The van der Waals surface area contributed by atoms with Crippen molar-refractivity contribution in [1.82, 2.24) is 9.99 Å². The molecule has 1 aromatic heterocycles. The molecule has 5 heteroatoms. The maximum atomic E-state index is 13.0. The van der Waals surface area contributed by atoms with Crippen molar-refractivity contribution in [3.05, 3.63) is 107 Å². The number of hydrazone groups is 1. The van der Waals surface area contributed by atoms with Crippen molar-refractivity contribution in [1.29, 1.82) is 0 Å². The second-order valence-electron chi connectivity index (χ2n) is 6.92. The molecule has 4 rings (SSSR count). The number of amides is 1. The van der Waals surface area contributed by atoms with Crippen molar-refractivity contribution < 1.29 is 9.18 Å². The number of benzene rings is 3. The first-order chi connectivity index (χ1) is 14.1. The SMILES string of the molecule is Cc1cccc(Cn2cc(/C=N\NC(=O)c3ccc(F)cc3)c3ccccc32)c1. The van der Waals surface area contributed by atoms with Gasteiger partial charge in [0, 0.05) is 34.8 Å². The van der Waals surface area contributed by atoms with Crippen LogP contribution in [0, 0.1) is 12.7 Å². The lowest BCUT2D eigenvalue weighted by atomic mass is 10.1. The Balaban J connectivity index is 1.56. The van der Waals surface area contributed by atoms with Gasteiger partial charge in [-0.1, -0.05) is 48.0 Å². The quantitative estimate of drug-likeness (QED) is 0.385. The predicted molar refractivity (Wildman–Crippen MR) is 114 cm³/mol. The minimum absolute atomic E-state index is 0.352. The zero-order chi connectivity index (χ0) is 20.2. The summed E-state index contributed by atoms with van der Waals surface area (Å²) < 4.78 is 15.2. The van der Waals surface area contributed by atoms with E-state index in [9.17, 15) is 9.18 Å². The maximum Gasteiger partial charge on any atom is 0.271 e. The number of rotatable bonds is 5. The van der Waals surface area contributed by atoms with Gasteiger partial charge in [-0.25, -0.2) is 9.82 Å². The van der Waals surface area contributed by atoms with E-state index in [0.717, 1.165) is 23.0 Å². The third kappa shape index (κ3) is 4.24. The zero-order valence-corrected chi connectivity index (χ0v) is 16.0. The van der Waals surface area contributed by atoms with Gasteiger partial charge in [0.05, 0.1) is 6.21 Å². The van der Waals surface area contributed by atoms with E-state index in [1.807, 2.05) is 24.4 Å². The Kier molecular flexibility index (Phi) is 5.20. The van der Waals surface area contributed by atoms with E-state index >= 15 is 0 Å². The normalized spacial score (nSPS) is 11.2. The summed E-state index contributed by atoms with van der Waals surface area (Å²) in [5.41, 5.74) is 7.30. The molecule has 29 heavy (non-hydrogen) atoms. The molecule has 0 radical (unpaired) electrons. The van der Waals surface area contributed by atoms with Crippen LogP contribution in [0.25, 0.3) is 10.9 Å². The van der Waals surface area contributed by atoms with Crippen LogP contribution in [0.5, 0.6) is 0 Å². The Hall–Kier alpha value is -3.73. The van der Waals surface area contributed by atoms with E-state index in [2.05, 4.69) is 52.3 Å². The van der Waals surface area contributed by atoms with E-state index in [0.29, 0.717) is 5.56 Å². The Bertz CT molecular complexity index is 1190. The van der Waals surface area contributed by atoms with Gasteiger partial charge in [-0.15, -0.1) is 0 Å². The minimum atomic E-state index is -0.384. The summed E-state index contributed by atoms with van der Waals surface area (Å²) in [6.07, 6.45) is 3.66. The van der Waals surface area contributed by atoms with Crippen LogP contribution in [0.2, 0.25) is 0 Å². The monoisotopic (exact) mass is 385 g/mol. The number of carbonyl (C=O) groups is 1.